The molecule has 0 amide bonds. The molecule has 1 fully saturated rings. The van der Waals surface area contributed by atoms with Crippen LogP contribution in [0.3, 0.4) is 0 Å². The molecule has 29 heavy (non-hydrogen) atoms. The van der Waals surface area contributed by atoms with Crippen LogP contribution >= 0.6 is 0 Å². The van der Waals surface area contributed by atoms with E-state index in [2.05, 4.69) is 44.8 Å². The summed E-state index contributed by atoms with van der Waals surface area (Å²) in [5.41, 5.74) is 3.31. The lowest BCUT2D eigenvalue weighted by molar-refractivity contribution is 0.00578. The summed E-state index contributed by atoms with van der Waals surface area (Å²) < 4.78 is 18.0. The third-order valence-electron chi connectivity index (χ3n) is 5.71. The lowest BCUT2D eigenvalue weighted by atomic mass is 9.80. The van der Waals surface area contributed by atoms with Crippen molar-refractivity contribution in [2.75, 3.05) is 0 Å². The van der Waals surface area contributed by atoms with Crippen molar-refractivity contribution in [3.05, 3.63) is 78.5 Å². The summed E-state index contributed by atoms with van der Waals surface area (Å²) in [4.78, 5) is 4.61. The van der Waals surface area contributed by atoms with Gasteiger partial charge in [-0.15, -0.1) is 0 Å². The van der Waals surface area contributed by atoms with E-state index in [1.54, 1.807) is 0 Å². The van der Waals surface area contributed by atoms with Crippen LogP contribution < -0.4 is 10.2 Å². The summed E-state index contributed by atoms with van der Waals surface area (Å²) >= 11 is 0. The molecule has 2 heterocycles. The van der Waals surface area contributed by atoms with E-state index >= 15 is 0 Å². The molecule has 2 aromatic carbocycles. The zero-order valence-corrected chi connectivity index (χ0v) is 17.4. The van der Waals surface area contributed by atoms with Crippen molar-refractivity contribution in [2.24, 2.45) is 0 Å². The fraction of sp³-hybridized carbons (Fsp3) is 0.292. The second-order valence-corrected chi connectivity index (χ2v) is 8.36. The maximum atomic E-state index is 6.10. The van der Waals surface area contributed by atoms with Gasteiger partial charge in [-0.3, -0.25) is 4.98 Å². The van der Waals surface area contributed by atoms with E-state index in [1.165, 1.54) is 0 Å². The number of nitrogens with zero attached hydrogens (tertiary/aromatic N) is 1. The van der Waals surface area contributed by atoms with E-state index in [9.17, 15) is 0 Å². The number of rotatable bonds is 5. The van der Waals surface area contributed by atoms with Gasteiger partial charge in [0.2, 0.25) is 0 Å². The zero-order valence-electron chi connectivity index (χ0n) is 17.4. The first-order chi connectivity index (χ1) is 13.8. The van der Waals surface area contributed by atoms with Gasteiger partial charge >= 0.3 is 7.12 Å². The molecule has 0 bridgehead atoms. The van der Waals surface area contributed by atoms with E-state index in [-0.39, 0.29) is 11.2 Å². The van der Waals surface area contributed by atoms with Gasteiger partial charge in [-0.05, 0) is 63.6 Å². The smallest absolute Gasteiger partial charge is 0.489 e. The molecule has 0 saturated carbocycles. The predicted molar refractivity (Wildman–Crippen MR) is 116 cm³/mol. The Labute approximate surface area is 173 Å². The van der Waals surface area contributed by atoms with Gasteiger partial charge in [0.25, 0.3) is 0 Å². The van der Waals surface area contributed by atoms with E-state index in [4.69, 9.17) is 14.0 Å². The van der Waals surface area contributed by atoms with E-state index in [0.717, 1.165) is 28.0 Å². The topological polar surface area (TPSA) is 40.6 Å². The minimum absolute atomic E-state index is 0.355. The molecule has 0 N–H and O–H groups in total. The number of hydrogen-bond donors (Lipinski definition) is 0. The average molecular weight is 387 g/mol. The molecular weight excluding hydrogens is 361 g/mol. The Morgan fingerprint density at radius 1 is 0.828 bits per heavy atom. The Kier molecular flexibility index (Phi) is 5.20. The molecular formula is C24H26BNO3. The maximum Gasteiger partial charge on any atom is 0.496 e. The molecule has 0 aliphatic carbocycles. The molecule has 1 aliphatic heterocycles. The first-order valence-corrected chi connectivity index (χ1v) is 9.93. The lowest BCUT2D eigenvalue weighted by Gasteiger charge is -2.32. The van der Waals surface area contributed by atoms with Gasteiger partial charge in [0.15, 0.2) is 0 Å². The Hall–Kier alpha value is -2.63. The summed E-state index contributed by atoms with van der Waals surface area (Å²) in [6, 6.07) is 22.2. The van der Waals surface area contributed by atoms with Crippen LogP contribution in [0.15, 0.2) is 72.9 Å². The monoisotopic (exact) mass is 387 g/mol. The van der Waals surface area contributed by atoms with E-state index in [0.29, 0.717) is 6.61 Å². The molecule has 4 nitrogen and oxygen atoms in total. The quantitative estimate of drug-likeness (QED) is 0.599. The molecule has 1 aromatic heterocycles. The van der Waals surface area contributed by atoms with Gasteiger partial charge in [-0.2, -0.15) is 0 Å². The van der Waals surface area contributed by atoms with Crippen LogP contribution in [0.2, 0.25) is 0 Å². The minimum Gasteiger partial charge on any atom is -0.489 e. The fourth-order valence-electron chi connectivity index (χ4n) is 3.16. The van der Waals surface area contributed by atoms with E-state index < -0.39 is 7.12 Å². The molecule has 0 atom stereocenters. The van der Waals surface area contributed by atoms with Crippen LogP contribution in [0.4, 0.5) is 0 Å². The molecule has 1 aliphatic rings. The van der Waals surface area contributed by atoms with Crippen molar-refractivity contribution >= 4 is 12.6 Å². The number of pyridine rings is 1. The highest BCUT2D eigenvalue weighted by Crippen LogP contribution is 2.36. The van der Waals surface area contributed by atoms with Gasteiger partial charge in [-0.1, -0.05) is 36.4 Å². The Bertz CT molecular complexity index is 938. The summed E-state index contributed by atoms with van der Waals surface area (Å²) in [5.74, 6) is 0.839. The Morgan fingerprint density at radius 2 is 1.48 bits per heavy atom. The average Bonchev–Trinajstić information content (AvgIpc) is 2.95. The summed E-state index contributed by atoms with van der Waals surface area (Å²) in [5, 5.41) is 0. The van der Waals surface area contributed by atoms with Crippen LogP contribution in [0.25, 0.3) is 11.3 Å². The second-order valence-electron chi connectivity index (χ2n) is 8.36. The molecule has 148 valence electrons. The third kappa shape index (κ3) is 4.21. The van der Waals surface area contributed by atoms with Crippen molar-refractivity contribution in [2.45, 2.75) is 45.5 Å². The molecule has 4 rings (SSSR count). The normalized spacial score (nSPS) is 17.3. The van der Waals surface area contributed by atoms with Crippen LogP contribution in [-0.2, 0) is 15.9 Å². The maximum absolute atomic E-state index is 6.10. The van der Waals surface area contributed by atoms with Crippen molar-refractivity contribution in [1.29, 1.82) is 0 Å². The van der Waals surface area contributed by atoms with Crippen molar-refractivity contribution in [3.63, 3.8) is 0 Å². The molecule has 1 saturated heterocycles. The largest absolute Gasteiger partial charge is 0.496 e. The first-order valence-electron chi connectivity index (χ1n) is 9.93. The van der Waals surface area contributed by atoms with Crippen LogP contribution in [0.1, 0.15) is 33.3 Å². The highest BCUT2D eigenvalue weighted by atomic mass is 16.7. The van der Waals surface area contributed by atoms with Crippen LogP contribution in [0, 0.1) is 0 Å². The number of benzene rings is 2. The highest BCUT2D eigenvalue weighted by Gasteiger charge is 2.51. The molecule has 0 radical (unpaired) electrons. The van der Waals surface area contributed by atoms with Crippen molar-refractivity contribution in [3.8, 4) is 17.0 Å². The third-order valence-corrected chi connectivity index (χ3v) is 5.71. The molecule has 0 unspecified atom stereocenters. The summed E-state index contributed by atoms with van der Waals surface area (Å²) in [6.07, 6.45) is 1.83. The van der Waals surface area contributed by atoms with E-state index in [1.807, 2.05) is 60.8 Å². The molecule has 5 heteroatoms. The lowest BCUT2D eigenvalue weighted by Crippen LogP contribution is -2.41. The van der Waals surface area contributed by atoms with Gasteiger partial charge in [0, 0.05) is 17.2 Å². The Morgan fingerprint density at radius 3 is 2.07 bits per heavy atom. The number of hydrogen-bond acceptors (Lipinski definition) is 4. The van der Waals surface area contributed by atoms with Gasteiger partial charge in [0.05, 0.1) is 16.9 Å². The highest BCUT2D eigenvalue weighted by molar-refractivity contribution is 6.62. The standard InChI is InChI=1S/C24H26BNO3/c1-23(2)24(3,4)29-25(28-23)20-12-15-22(26-16-20)19-10-13-21(14-11-19)27-17-18-8-6-5-7-9-18/h5-16H,17H2,1-4H3. The van der Waals surface area contributed by atoms with Gasteiger partial charge in [-0.25, -0.2) is 0 Å². The summed E-state index contributed by atoms with van der Waals surface area (Å²) in [6.45, 7) is 8.76. The van der Waals surface area contributed by atoms with Crippen molar-refractivity contribution < 1.29 is 14.0 Å². The van der Waals surface area contributed by atoms with Gasteiger partial charge in [0.1, 0.15) is 12.4 Å². The number of ether oxygens (including phenoxy) is 1. The molecule has 0 spiro atoms. The van der Waals surface area contributed by atoms with Crippen molar-refractivity contribution in [1.82, 2.24) is 4.98 Å². The zero-order chi connectivity index (χ0) is 20.5. The number of aromatic nitrogens is 1. The minimum atomic E-state index is -0.393. The summed E-state index contributed by atoms with van der Waals surface area (Å²) in [7, 11) is -0.393. The van der Waals surface area contributed by atoms with Gasteiger partial charge < -0.3 is 14.0 Å². The SMILES string of the molecule is CC1(C)OB(c2ccc(-c3ccc(OCc4ccccc4)cc3)nc2)OC1(C)C. The fourth-order valence-corrected chi connectivity index (χ4v) is 3.16. The predicted octanol–water partition coefficient (Wildman–Crippen LogP) is 4.63. The molecule has 3 aromatic rings. The van der Waals surface area contributed by atoms with Crippen LogP contribution in [-0.4, -0.2) is 23.3 Å². The first kappa shape index (κ1) is 19.7. The van der Waals surface area contributed by atoms with Crippen LogP contribution in [0.5, 0.6) is 5.75 Å². The Balaban J connectivity index is 1.42. The second kappa shape index (κ2) is 7.66.